The van der Waals surface area contributed by atoms with E-state index >= 15 is 0 Å². The van der Waals surface area contributed by atoms with E-state index in [2.05, 4.69) is 5.32 Å². The van der Waals surface area contributed by atoms with Gasteiger partial charge in [0.05, 0.1) is 30.5 Å². The summed E-state index contributed by atoms with van der Waals surface area (Å²) in [5, 5.41) is 4.77. The van der Waals surface area contributed by atoms with Crippen molar-refractivity contribution in [1.82, 2.24) is 19.4 Å². The Morgan fingerprint density at radius 2 is 1.74 bits per heavy atom. The van der Waals surface area contributed by atoms with Crippen molar-refractivity contribution in [2.45, 2.75) is 0 Å². The van der Waals surface area contributed by atoms with Crippen molar-refractivity contribution < 1.29 is 19.1 Å². The molecule has 4 aromatic rings. The molecule has 0 aliphatic heterocycles. The molecule has 0 aliphatic rings. The number of likely N-dealkylation sites (N-methyl/N-ethyl adjacent to an activating group) is 1. The van der Waals surface area contributed by atoms with Gasteiger partial charge < -0.3 is 19.3 Å². The number of thiophene rings is 1. The molecular formula is C28H31N5O4S. The number of ether oxygens (including phenoxy) is 2. The van der Waals surface area contributed by atoms with Gasteiger partial charge in [0.2, 0.25) is 11.9 Å². The molecule has 0 unspecified atom stereocenters. The van der Waals surface area contributed by atoms with Crippen LogP contribution < -0.4 is 14.8 Å². The van der Waals surface area contributed by atoms with Crippen molar-refractivity contribution in [3.8, 4) is 28.4 Å². The lowest BCUT2D eigenvalue weighted by Gasteiger charge is -2.23. The molecule has 2 aromatic carbocycles. The Morgan fingerprint density at radius 3 is 2.39 bits per heavy atom. The monoisotopic (exact) mass is 533 g/mol. The minimum absolute atomic E-state index is 0.107. The molecule has 4 rings (SSSR count). The summed E-state index contributed by atoms with van der Waals surface area (Å²) in [6.07, 6.45) is 1.85. The van der Waals surface area contributed by atoms with Gasteiger partial charge >= 0.3 is 0 Å². The predicted octanol–water partition coefficient (Wildman–Crippen LogP) is 4.26. The van der Waals surface area contributed by atoms with E-state index in [4.69, 9.17) is 14.5 Å². The third kappa shape index (κ3) is 6.39. The van der Waals surface area contributed by atoms with Gasteiger partial charge in [-0.1, -0.05) is 36.4 Å². The minimum Gasteiger partial charge on any atom is -0.493 e. The largest absolute Gasteiger partial charge is 0.493 e. The van der Waals surface area contributed by atoms with Gasteiger partial charge in [-0.2, -0.15) is 0 Å². The molecule has 0 spiro atoms. The van der Waals surface area contributed by atoms with Crippen LogP contribution >= 0.6 is 11.3 Å². The molecule has 0 saturated heterocycles. The van der Waals surface area contributed by atoms with Gasteiger partial charge in [-0.15, -0.1) is 11.3 Å². The summed E-state index contributed by atoms with van der Waals surface area (Å²) in [5.41, 5.74) is 2.32. The number of benzene rings is 2. The Morgan fingerprint density at radius 1 is 0.974 bits per heavy atom. The average molecular weight is 534 g/mol. The summed E-state index contributed by atoms with van der Waals surface area (Å²) in [6.45, 7) is 0.934. The average Bonchev–Trinajstić information content (AvgIpc) is 3.61. The zero-order chi connectivity index (χ0) is 27.1. The highest BCUT2D eigenvalue weighted by molar-refractivity contribution is 7.12. The van der Waals surface area contributed by atoms with E-state index in [0.717, 1.165) is 11.3 Å². The normalized spacial score (nSPS) is 10.9. The molecule has 0 saturated carbocycles. The molecule has 0 bridgehead atoms. The first-order valence-electron chi connectivity index (χ1n) is 12.0. The second kappa shape index (κ2) is 12.4. The highest BCUT2D eigenvalue weighted by Gasteiger charge is 2.22. The van der Waals surface area contributed by atoms with Gasteiger partial charge in [-0.25, -0.2) is 4.98 Å². The van der Waals surface area contributed by atoms with Crippen LogP contribution in [0, 0.1) is 0 Å². The Hall–Kier alpha value is -4.15. The quantitative estimate of drug-likeness (QED) is 0.310. The Kier molecular flexibility index (Phi) is 8.77. The van der Waals surface area contributed by atoms with Crippen LogP contribution in [0.5, 0.6) is 11.5 Å². The number of nitrogens with one attached hydrogen (secondary N) is 1. The standard InChI is InChI=1S/C28H31N5O4S/c1-31(2)14-15-32(27(35)25-11-8-16-38-25)19-26(34)30-28-29-22(20-9-6-5-7-10-20)18-33(28)21-12-13-23(36-3)24(17-21)37-4/h5-13,16-18H,14-15,19H2,1-4H3,(H,29,30,34). The van der Waals surface area contributed by atoms with Crippen LogP contribution in [0.4, 0.5) is 5.95 Å². The Bertz CT molecular complexity index is 1370. The van der Waals surface area contributed by atoms with E-state index in [-0.39, 0.29) is 18.4 Å². The maximum Gasteiger partial charge on any atom is 0.264 e. The molecule has 0 fully saturated rings. The third-order valence-electron chi connectivity index (χ3n) is 5.84. The number of anilines is 1. The van der Waals surface area contributed by atoms with Gasteiger partial charge in [-0.05, 0) is 37.7 Å². The Balaban J connectivity index is 1.64. The fourth-order valence-corrected chi connectivity index (χ4v) is 4.55. The van der Waals surface area contributed by atoms with Crippen LogP contribution in [-0.4, -0.2) is 79.1 Å². The summed E-state index contributed by atoms with van der Waals surface area (Å²) in [5.74, 6) is 0.950. The molecule has 2 amide bonds. The molecule has 2 heterocycles. The van der Waals surface area contributed by atoms with Crippen LogP contribution in [0.25, 0.3) is 16.9 Å². The van der Waals surface area contributed by atoms with Crippen molar-refractivity contribution in [2.75, 3.05) is 53.3 Å². The van der Waals surface area contributed by atoms with E-state index in [1.165, 1.54) is 11.3 Å². The number of methoxy groups -OCH3 is 2. The number of hydrogen-bond donors (Lipinski definition) is 1. The second-order valence-electron chi connectivity index (χ2n) is 8.78. The van der Waals surface area contributed by atoms with E-state index in [1.54, 1.807) is 35.8 Å². The summed E-state index contributed by atoms with van der Waals surface area (Å²) >= 11 is 1.36. The number of aromatic nitrogens is 2. The van der Waals surface area contributed by atoms with Crippen molar-refractivity contribution in [3.05, 3.63) is 77.1 Å². The lowest BCUT2D eigenvalue weighted by Crippen LogP contribution is -2.41. The molecule has 2 aromatic heterocycles. The van der Waals surface area contributed by atoms with Crippen LogP contribution in [-0.2, 0) is 4.79 Å². The van der Waals surface area contributed by atoms with Gasteiger partial charge in [-0.3, -0.25) is 19.5 Å². The molecule has 0 radical (unpaired) electrons. The van der Waals surface area contributed by atoms with Gasteiger partial charge in [0, 0.05) is 30.9 Å². The van der Waals surface area contributed by atoms with Gasteiger partial charge in [0.1, 0.15) is 6.54 Å². The fourth-order valence-electron chi connectivity index (χ4n) is 3.85. The lowest BCUT2D eigenvalue weighted by molar-refractivity contribution is -0.117. The van der Waals surface area contributed by atoms with Crippen molar-refractivity contribution >= 4 is 29.1 Å². The highest BCUT2D eigenvalue weighted by Crippen LogP contribution is 2.31. The van der Waals surface area contributed by atoms with Gasteiger partial charge in [0.25, 0.3) is 5.91 Å². The number of nitrogens with zero attached hydrogens (tertiary/aromatic N) is 4. The summed E-state index contributed by atoms with van der Waals surface area (Å²) in [6, 6.07) is 18.8. The number of carbonyl (C=O) groups excluding carboxylic acids is 2. The molecule has 1 N–H and O–H groups in total. The molecular weight excluding hydrogens is 502 g/mol. The highest BCUT2D eigenvalue weighted by atomic mass is 32.1. The van der Waals surface area contributed by atoms with Crippen molar-refractivity contribution in [3.63, 3.8) is 0 Å². The van der Waals surface area contributed by atoms with Crippen LogP contribution in [0.3, 0.4) is 0 Å². The maximum absolute atomic E-state index is 13.3. The van der Waals surface area contributed by atoms with E-state index in [9.17, 15) is 9.59 Å². The smallest absolute Gasteiger partial charge is 0.264 e. The third-order valence-corrected chi connectivity index (χ3v) is 6.70. The van der Waals surface area contributed by atoms with Crippen LogP contribution in [0.1, 0.15) is 9.67 Å². The molecule has 198 valence electrons. The topological polar surface area (TPSA) is 88.9 Å². The second-order valence-corrected chi connectivity index (χ2v) is 9.73. The molecule has 0 atom stereocenters. The van der Waals surface area contributed by atoms with Crippen molar-refractivity contribution in [1.29, 1.82) is 0 Å². The SMILES string of the molecule is COc1ccc(-n2cc(-c3ccccc3)nc2NC(=O)CN(CCN(C)C)C(=O)c2cccs2)cc1OC. The lowest BCUT2D eigenvalue weighted by atomic mass is 10.2. The number of hydrogen-bond acceptors (Lipinski definition) is 7. The predicted molar refractivity (Wildman–Crippen MR) is 150 cm³/mol. The molecule has 10 heteroatoms. The molecule has 9 nitrogen and oxygen atoms in total. The van der Waals surface area contributed by atoms with E-state index in [0.29, 0.717) is 41.1 Å². The van der Waals surface area contributed by atoms with Crippen molar-refractivity contribution in [2.24, 2.45) is 0 Å². The maximum atomic E-state index is 13.3. The van der Waals surface area contributed by atoms with Gasteiger partial charge in [0.15, 0.2) is 11.5 Å². The number of carbonyl (C=O) groups is 2. The van der Waals surface area contributed by atoms with E-state index < -0.39 is 0 Å². The minimum atomic E-state index is -0.347. The first-order chi connectivity index (χ1) is 18.4. The zero-order valence-electron chi connectivity index (χ0n) is 21.9. The van der Waals surface area contributed by atoms with Crippen LogP contribution in [0.2, 0.25) is 0 Å². The summed E-state index contributed by atoms with van der Waals surface area (Å²) in [4.78, 5) is 35.2. The Labute approximate surface area is 226 Å². The summed E-state index contributed by atoms with van der Waals surface area (Å²) < 4.78 is 12.6. The zero-order valence-corrected chi connectivity index (χ0v) is 22.7. The number of amides is 2. The first kappa shape index (κ1) is 26.9. The molecule has 0 aliphatic carbocycles. The number of rotatable bonds is 11. The number of imidazole rings is 1. The first-order valence-corrected chi connectivity index (χ1v) is 12.9. The fraction of sp³-hybridized carbons (Fsp3) is 0.250. The molecule has 38 heavy (non-hydrogen) atoms. The van der Waals surface area contributed by atoms with Crippen LogP contribution in [0.15, 0.2) is 72.2 Å². The summed E-state index contributed by atoms with van der Waals surface area (Å²) in [7, 11) is 7.01. The van der Waals surface area contributed by atoms with E-state index in [1.807, 2.05) is 79.1 Å².